The van der Waals surface area contributed by atoms with Crippen molar-refractivity contribution in [2.45, 2.75) is 45.1 Å². The SMILES string of the molecule is C[C@H]1CCCC[NH+]1CC(=O)Nc1ccc(N2CCCC2=O)cc1. The average molecular weight is 316 g/mol. The van der Waals surface area contributed by atoms with Crippen LogP contribution in [0, 0.1) is 0 Å². The second-order valence-electron chi connectivity index (χ2n) is 6.73. The van der Waals surface area contributed by atoms with Crippen molar-refractivity contribution in [1.82, 2.24) is 0 Å². The Bertz CT molecular complexity index is 570. The van der Waals surface area contributed by atoms with Crippen LogP contribution in [0.3, 0.4) is 0 Å². The van der Waals surface area contributed by atoms with Crippen LogP contribution in [-0.2, 0) is 9.59 Å². The Balaban J connectivity index is 1.55. The minimum atomic E-state index is 0.0683. The molecule has 3 rings (SSSR count). The quantitative estimate of drug-likeness (QED) is 0.877. The Morgan fingerprint density at radius 1 is 1.26 bits per heavy atom. The zero-order valence-corrected chi connectivity index (χ0v) is 13.8. The van der Waals surface area contributed by atoms with Crippen LogP contribution in [0.15, 0.2) is 24.3 Å². The number of nitrogens with zero attached hydrogens (tertiary/aromatic N) is 1. The van der Waals surface area contributed by atoms with Gasteiger partial charge in [0.05, 0.1) is 12.6 Å². The summed E-state index contributed by atoms with van der Waals surface area (Å²) in [4.78, 5) is 27.2. The number of likely N-dealkylation sites (tertiary alicyclic amines) is 1. The van der Waals surface area contributed by atoms with E-state index in [1.54, 1.807) is 0 Å². The molecule has 124 valence electrons. The summed E-state index contributed by atoms with van der Waals surface area (Å²) in [5, 5.41) is 2.98. The molecule has 1 unspecified atom stereocenters. The maximum atomic E-state index is 12.2. The topological polar surface area (TPSA) is 53.9 Å². The number of quaternary nitrogens is 1. The highest BCUT2D eigenvalue weighted by atomic mass is 16.2. The third-order valence-corrected chi connectivity index (χ3v) is 5.01. The minimum Gasteiger partial charge on any atom is -0.325 e. The molecule has 2 atom stereocenters. The molecule has 0 bridgehead atoms. The number of carbonyl (C=O) groups is 2. The standard InChI is InChI=1S/C18H25N3O2/c1-14-5-2-3-11-20(14)13-17(22)19-15-7-9-16(10-8-15)21-12-4-6-18(21)23/h7-10,14H,2-6,11-13H2,1H3,(H,19,22)/p+1/t14-/m0/s1. The molecule has 1 aromatic rings. The van der Waals surface area contributed by atoms with Gasteiger partial charge in [-0.2, -0.15) is 0 Å². The highest BCUT2D eigenvalue weighted by Crippen LogP contribution is 2.22. The Morgan fingerprint density at radius 3 is 2.70 bits per heavy atom. The van der Waals surface area contributed by atoms with Gasteiger partial charge in [0.1, 0.15) is 0 Å². The van der Waals surface area contributed by atoms with Crippen LogP contribution in [0.1, 0.15) is 39.0 Å². The van der Waals surface area contributed by atoms with Gasteiger partial charge in [-0.15, -0.1) is 0 Å². The molecule has 2 aliphatic heterocycles. The molecule has 0 radical (unpaired) electrons. The smallest absolute Gasteiger partial charge is 0.279 e. The molecule has 2 saturated heterocycles. The van der Waals surface area contributed by atoms with Gasteiger partial charge >= 0.3 is 0 Å². The van der Waals surface area contributed by atoms with Crippen LogP contribution in [-0.4, -0.2) is 37.5 Å². The van der Waals surface area contributed by atoms with E-state index in [0.29, 0.717) is 19.0 Å². The molecule has 0 aliphatic carbocycles. The summed E-state index contributed by atoms with van der Waals surface area (Å²) in [5.74, 6) is 0.253. The number of rotatable bonds is 4. The van der Waals surface area contributed by atoms with Crippen molar-refractivity contribution in [2.75, 3.05) is 29.9 Å². The monoisotopic (exact) mass is 316 g/mol. The maximum absolute atomic E-state index is 12.2. The number of piperidine rings is 1. The van der Waals surface area contributed by atoms with Crippen molar-refractivity contribution < 1.29 is 14.5 Å². The number of benzene rings is 1. The molecule has 2 amide bonds. The highest BCUT2D eigenvalue weighted by molar-refractivity contribution is 5.96. The second kappa shape index (κ2) is 7.13. The number of hydrogen-bond acceptors (Lipinski definition) is 2. The van der Waals surface area contributed by atoms with Crippen molar-refractivity contribution in [2.24, 2.45) is 0 Å². The average Bonchev–Trinajstić information content (AvgIpc) is 2.96. The first-order chi connectivity index (χ1) is 11.1. The summed E-state index contributed by atoms with van der Waals surface area (Å²) in [7, 11) is 0. The van der Waals surface area contributed by atoms with Gasteiger partial charge in [0.2, 0.25) is 5.91 Å². The molecule has 2 aliphatic rings. The fourth-order valence-electron chi connectivity index (χ4n) is 3.57. The van der Waals surface area contributed by atoms with Crippen molar-refractivity contribution in [3.8, 4) is 0 Å². The Labute approximate surface area is 137 Å². The van der Waals surface area contributed by atoms with E-state index >= 15 is 0 Å². The van der Waals surface area contributed by atoms with E-state index < -0.39 is 0 Å². The van der Waals surface area contributed by atoms with E-state index in [0.717, 1.165) is 30.9 Å². The molecule has 23 heavy (non-hydrogen) atoms. The number of carbonyl (C=O) groups excluding carboxylic acids is 2. The third kappa shape index (κ3) is 3.91. The van der Waals surface area contributed by atoms with E-state index in [1.165, 1.54) is 24.2 Å². The zero-order chi connectivity index (χ0) is 16.2. The van der Waals surface area contributed by atoms with Gasteiger partial charge in [-0.25, -0.2) is 0 Å². The molecule has 2 heterocycles. The van der Waals surface area contributed by atoms with Crippen LogP contribution in [0.25, 0.3) is 0 Å². The maximum Gasteiger partial charge on any atom is 0.279 e. The Kier molecular flexibility index (Phi) is 4.96. The van der Waals surface area contributed by atoms with Crippen molar-refractivity contribution >= 4 is 23.2 Å². The summed E-state index contributed by atoms with van der Waals surface area (Å²) in [6, 6.07) is 8.16. The van der Waals surface area contributed by atoms with Crippen LogP contribution >= 0.6 is 0 Å². The van der Waals surface area contributed by atoms with Crippen molar-refractivity contribution in [3.05, 3.63) is 24.3 Å². The lowest BCUT2D eigenvalue weighted by Gasteiger charge is -2.29. The molecule has 2 fully saturated rings. The largest absolute Gasteiger partial charge is 0.325 e. The van der Waals surface area contributed by atoms with Gasteiger partial charge in [-0.1, -0.05) is 0 Å². The molecule has 5 heteroatoms. The molecule has 0 saturated carbocycles. The molecule has 5 nitrogen and oxygen atoms in total. The lowest BCUT2D eigenvalue weighted by molar-refractivity contribution is -0.920. The second-order valence-corrected chi connectivity index (χ2v) is 6.73. The summed E-state index contributed by atoms with van der Waals surface area (Å²) < 4.78 is 0. The first-order valence-electron chi connectivity index (χ1n) is 8.68. The lowest BCUT2D eigenvalue weighted by atomic mass is 10.0. The van der Waals surface area contributed by atoms with Gasteiger partial charge in [-0.05, 0) is 56.9 Å². The number of nitrogens with one attached hydrogen (secondary N) is 2. The van der Waals surface area contributed by atoms with Crippen LogP contribution in [0.2, 0.25) is 0 Å². The van der Waals surface area contributed by atoms with Gasteiger partial charge in [0.25, 0.3) is 5.91 Å². The van der Waals surface area contributed by atoms with Crippen LogP contribution in [0.5, 0.6) is 0 Å². The van der Waals surface area contributed by atoms with Crippen LogP contribution < -0.4 is 15.1 Å². The lowest BCUT2D eigenvalue weighted by Crippen LogP contribution is -3.17. The summed E-state index contributed by atoms with van der Waals surface area (Å²) in [6.07, 6.45) is 5.26. The van der Waals surface area contributed by atoms with E-state index in [-0.39, 0.29) is 11.8 Å². The fraction of sp³-hybridized carbons (Fsp3) is 0.556. The molecular formula is C18H26N3O2+. The fourth-order valence-corrected chi connectivity index (χ4v) is 3.57. The van der Waals surface area contributed by atoms with Crippen molar-refractivity contribution in [1.29, 1.82) is 0 Å². The predicted molar refractivity (Wildman–Crippen MR) is 90.7 cm³/mol. The normalized spacial score (nSPS) is 24.7. The highest BCUT2D eigenvalue weighted by Gasteiger charge is 2.24. The van der Waals surface area contributed by atoms with Gasteiger partial charge in [0, 0.05) is 24.3 Å². The molecule has 2 N–H and O–H groups in total. The van der Waals surface area contributed by atoms with Gasteiger partial charge in [-0.3, -0.25) is 9.59 Å². The Morgan fingerprint density at radius 2 is 2.04 bits per heavy atom. The molecule has 1 aromatic carbocycles. The first kappa shape index (κ1) is 16.0. The van der Waals surface area contributed by atoms with E-state index in [1.807, 2.05) is 29.2 Å². The summed E-state index contributed by atoms with van der Waals surface area (Å²) in [5.41, 5.74) is 1.72. The third-order valence-electron chi connectivity index (χ3n) is 5.01. The minimum absolute atomic E-state index is 0.0683. The van der Waals surface area contributed by atoms with Gasteiger partial charge in [0.15, 0.2) is 6.54 Å². The zero-order valence-electron chi connectivity index (χ0n) is 13.8. The Hall–Kier alpha value is -1.88. The summed E-state index contributed by atoms with van der Waals surface area (Å²) in [6.45, 7) is 4.64. The van der Waals surface area contributed by atoms with E-state index in [4.69, 9.17) is 0 Å². The number of amides is 2. The van der Waals surface area contributed by atoms with Crippen molar-refractivity contribution in [3.63, 3.8) is 0 Å². The van der Waals surface area contributed by atoms with E-state index in [2.05, 4.69) is 12.2 Å². The summed E-state index contributed by atoms with van der Waals surface area (Å²) >= 11 is 0. The number of hydrogen-bond donors (Lipinski definition) is 2. The predicted octanol–water partition coefficient (Wildman–Crippen LogP) is 1.21. The number of anilines is 2. The van der Waals surface area contributed by atoms with Gasteiger partial charge < -0.3 is 15.1 Å². The molecule has 0 aromatic heterocycles. The van der Waals surface area contributed by atoms with Crippen LogP contribution in [0.4, 0.5) is 11.4 Å². The first-order valence-corrected chi connectivity index (χ1v) is 8.68. The molecule has 0 spiro atoms. The molecular weight excluding hydrogens is 290 g/mol. The van der Waals surface area contributed by atoms with E-state index in [9.17, 15) is 9.59 Å².